The molecule has 2 aromatic carbocycles. The Morgan fingerprint density at radius 2 is 1.79 bits per heavy atom. The molecular weight excluding hydrogens is 356 g/mol. The highest BCUT2D eigenvalue weighted by molar-refractivity contribution is 6.04. The molecule has 28 heavy (non-hydrogen) atoms. The number of para-hydroxylation sites is 1. The molecule has 3 rings (SSSR count). The van der Waals surface area contributed by atoms with Gasteiger partial charge in [-0.25, -0.2) is 4.68 Å². The number of anilines is 1. The van der Waals surface area contributed by atoms with Crippen LogP contribution in [0.3, 0.4) is 0 Å². The van der Waals surface area contributed by atoms with E-state index in [1.807, 2.05) is 0 Å². The summed E-state index contributed by atoms with van der Waals surface area (Å²) < 4.78 is 1.21. The fourth-order valence-electron chi connectivity index (χ4n) is 2.87. The highest BCUT2D eigenvalue weighted by Crippen LogP contribution is 2.17. The van der Waals surface area contributed by atoms with Crippen molar-refractivity contribution in [3.05, 3.63) is 70.1 Å². The summed E-state index contributed by atoms with van der Waals surface area (Å²) in [7, 11) is 1.54. The van der Waals surface area contributed by atoms with E-state index in [4.69, 9.17) is 6.42 Å². The summed E-state index contributed by atoms with van der Waals surface area (Å²) >= 11 is 0. The van der Waals surface area contributed by atoms with E-state index in [0.29, 0.717) is 27.7 Å². The van der Waals surface area contributed by atoms with E-state index in [1.165, 1.54) is 4.68 Å². The lowest BCUT2D eigenvalue weighted by molar-refractivity contribution is -0.115. The molecule has 0 aliphatic heterocycles. The van der Waals surface area contributed by atoms with Crippen molar-refractivity contribution in [3.63, 3.8) is 0 Å². The van der Waals surface area contributed by atoms with Crippen molar-refractivity contribution >= 4 is 28.3 Å². The quantitative estimate of drug-likeness (QED) is 0.662. The Labute approximate surface area is 161 Å². The van der Waals surface area contributed by atoms with Crippen molar-refractivity contribution in [2.45, 2.75) is 6.42 Å². The number of benzene rings is 2. The third-order valence-electron chi connectivity index (χ3n) is 4.16. The van der Waals surface area contributed by atoms with Gasteiger partial charge in [-0.15, -0.1) is 6.42 Å². The lowest BCUT2D eigenvalue weighted by atomic mass is 10.1. The number of carbonyl (C=O) groups is 2. The lowest BCUT2D eigenvalue weighted by Crippen LogP contribution is -2.26. The summed E-state index contributed by atoms with van der Waals surface area (Å²) in [6.45, 7) is 0.0923. The van der Waals surface area contributed by atoms with E-state index >= 15 is 0 Å². The maximum atomic E-state index is 12.6. The van der Waals surface area contributed by atoms with Crippen LogP contribution in [0, 0.1) is 12.3 Å². The van der Waals surface area contributed by atoms with Crippen LogP contribution >= 0.6 is 0 Å². The molecule has 0 bridgehead atoms. The van der Waals surface area contributed by atoms with Gasteiger partial charge in [0.15, 0.2) is 0 Å². The molecule has 0 aliphatic rings. The number of hydrogen-bond acceptors (Lipinski definition) is 4. The lowest BCUT2D eigenvalue weighted by Gasteiger charge is -2.11. The van der Waals surface area contributed by atoms with Crippen LogP contribution in [0.2, 0.25) is 0 Å². The molecule has 0 atom stereocenters. The maximum Gasteiger partial charge on any atom is 0.274 e. The SMILES string of the molecule is C#CCNC(=O)c1ccccc1NC(=O)Cc1nn(C)c(=O)c2ccccc12. The first kappa shape index (κ1) is 18.9. The van der Waals surface area contributed by atoms with E-state index in [9.17, 15) is 14.4 Å². The summed E-state index contributed by atoms with van der Waals surface area (Å²) in [5, 5.41) is 10.7. The number of hydrogen-bond donors (Lipinski definition) is 2. The van der Waals surface area contributed by atoms with Gasteiger partial charge in [0.1, 0.15) is 0 Å². The van der Waals surface area contributed by atoms with Gasteiger partial charge < -0.3 is 10.6 Å². The van der Waals surface area contributed by atoms with Gasteiger partial charge in [0.2, 0.25) is 5.91 Å². The number of terminal acetylenes is 1. The molecule has 0 spiro atoms. The predicted octanol–water partition coefficient (Wildman–Crippen LogP) is 1.48. The van der Waals surface area contributed by atoms with E-state index in [2.05, 4.69) is 21.7 Å². The Kier molecular flexibility index (Phi) is 5.51. The first-order valence-electron chi connectivity index (χ1n) is 8.56. The Hall–Kier alpha value is -3.92. The zero-order valence-corrected chi connectivity index (χ0v) is 15.2. The van der Waals surface area contributed by atoms with Crippen molar-refractivity contribution in [1.29, 1.82) is 0 Å². The molecule has 3 aromatic rings. The minimum Gasteiger partial charge on any atom is -0.341 e. The van der Waals surface area contributed by atoms with Gasteiger partial charge in [-0.05, 0) is 18.2 Å². The second kappa shape index (κ2) is 8.18. The minimum atomic E-state index is -0.375. The van der Waals surface area contributed by atoms with Crippen LogP contribution in [0.1, 0.15) is 16.1 Å². The van der Waals surface area contributed by atoms with Crippen LogP contribution in [-0.2, 0) is 18.3 Å². The number of aryl methyl sites for hydroxylation is 1. The molecule has 140 valence electrons. The third kappa shape index (κ3) is 3.91. The average molecular weight is 374 g/mol. The highest BCUT2D eigenvalue weighted by atomic mass is 16.2. The van der Waals surface area contributed by atoms with Crippen molar-refractivity contribution < 1.29 is 9.59 Å². The number of aromatic nitrogens is 2. The van der Waals surface area contributed by atoms with Gasteiger partial charge in [0.25, 0.3) is 11.5 Å². The second-order valence-electron chi connectivity index (χ2n) is 6.08. The molecule has 1 aromatic heterocycles. The Bertz CT molecular complexity index is 1160. The van der Waals surface area contributed by atoms with Crippen LogP contribution in [0.15, 0.2) is 53.3 Å². The molecule has 7 nitrogen and oxygen atoms in total. The smallest absolute Gasteiger partial charge is 0.274 e. The van der Waals surface area contributed by atoms with Crippen LogP contribution < -0.4 is 16.2 Å². The molecular formula is C21H18N4O3. The molecule has 2 N–H and O–H groups in total. The normalized spacial score (nSPS) is 10.3. The Morgan fingerprint density at radius 3 is 2.54 bits per heavy atom. The first-order valence-corrected chi connectivity index (χ1v) is 8.56. The average Bonchev–Trinajstić information content (AvgIpc) is 2.70. The number of nitrogens with zero attached hydrogens (tertiary/aromatic N) is 2. The fraction of sp³-hybridized carbons (Fsp3) is 0.143. The molecule has 2 amide bonds. The van der Waals surface area contributed by atoms with Gasteiger partial charge in [-0.3, -0.25) is 14.4 Å². The van der Waals surface area contributed by atoms with Gasteiger partial charge in [0.05, 0.1) is 35.3 Å². The topological polar surface area (TPSA) is 93.1 Å². The van der Waals surface area contributed by atoms with Crippen LogP contribution in [0.5, 0.6) is 0 Å². The van der Waals surface area contributed by atoms with Gasteiger partial charge in [0, 0.05) is 12.4 Å². The number of fused-ring (bicyclic) bond motifs is 1. The van der Waals surface area contributed by atoms with Gasteiger partial charge in [-0.2, -0.15) is 5.10 Å². The molecule has 0 radical (unpaired) electrons. The zero-order chi connectivity index (χ0) is 20.1. The van der Waals surface area contributed by atoms with Crippen molar-refractivity contribution in [3.8, 4) is 12.3 Å². The van der Waals surface area contributed by atoms with Crippen LogP contribution in [0.25, 0.3) is 10.8 Å². The zero-order valence-electron chi connectivity index (χ0n) is 15.2. The molecule has 0 saturated carbocycles. The number of nitrogens with one attached hydrogen (secondary N) is 2. The van der Waals surface area contributed by atoms with Crippen molar-refractivity contribution in [2.75, 3.05) is 11.9 Å². The van der Waals surface area contributed by atoms with E-state index in [-0.39, 0.29) is 30.3 Å². The standard InChI is InChI=1S/C21H18N4O3/c1-3-12-22-20(27)16-10-6-7-11-17(16)23-19(26)13-18-14-8-4-5-9-15(14)21(28)25(2)24-18/h1,4-11H,12-13H2,2H3,(H,22,27)(H,23,26). The highest BCUT2D eigenvalue weighted by Gasteiger charge is 2.15. The monoisotopic (exact) mass is 374 g/mol. The maximum absolute atomic E-state index is 12.6. The number of carbonyl (C=O) groups excluding carboxylic acids is 2. The third-order valence-corrected chi connectivity index (χ3v) is 4.16. The summed E-state index contributed by atoms with van der Waals surface area (Å²) in [6.07, 6.45) is 5.12. The van der Waals surface area contributed by atoms with Gasteiger partial charge >= 0.3 is 0 Å². The molecule has 7 heteroatoms. The summed E-state index contributed by atoms with van der Waals surface area (Å²) in [5.74, 6) is 1.60. The summed E-state index contributed by atoms with van der Waals surface area (Å²) in [6, 6.07) is 13.7. The van der Waals surface area contributed by atoms with Crippen molar-refractivity contribution in [2.24, 2.45) is 7.05 Å². The fourth-order valence-corrected chi connectivity index (χ4v) is 2.87. The number of rotatable bonds is 5. The Balaban J connectivity index is 1.86. The van der Waals surface area contributed by atoms with E-state index < -0.39 is 0 Å². The summed E-state index contributed by atoms with van der Waals surface area (Å²) in [4.78, 5) is 37.0. The van der Waals surface area contributed by atoms with Crippen molar-refractivity contribution in [1.82, 2.24) is 15.1 Å². The Morgan fingerprint density at radius 1 is 1.11 bits per heavy atom. The van der Waals surface area contributed by atoms with Crippen LogP contribution in [-0.4, -0.2) is 28.1 Å². The number of amides is 2. The molecule has 0 unspecified atom stereocenters. The first-order chi connectivity index (χ1) is 13.5. The predicted molar refractivity (Wildman–Crippen MR) is 107 cm³/mol. The molecule has 0 saturated heterocycles. The minimum absolute atomic E-state index is 0.0467. The molecule has 0 fully saturated rings. The van der Waals surface area contributed by atoms with Gasteiger partial charge in [-0.1, -0.05) is 36.3 Å². The van der Waals surface area contributed by atoms with Crippen LogP contribution in [0.4, 0.5) is 5.69 Å². The second-order valence-corrected chi connectivity index (χ2v) is 6.08. The summed E-state index contributed by atoms with van der Waals surface area (Å²) in [5.41, 5.74) is 0.931. The molecule has 0 aliphatic carbocycles. The largest absolute Gasteiger partial charge is 0.341 e. The van der Waals surface area contributed by atoms with E-state index in [0.717, 1.165) is 0 Å². The van der Waals surface area contributed by atoms with E-state index in [1.54, 1.807) is 55.6 Å². The molecule has 1 heterocycles.